The lowest BCUT2D eigenvalue weighted by atomic mass is 10.0. The van der Waals surface area contributed by atoms with Crippen molar-refractivity contribution in [1.29, 1.82) is 0 Å². The Balaban J connectivity index is 1.97. The van der Waals surface area contributed by atoms with E-state index in [0.29, 0.717) is 18.5 Å². The van der Waals surface area contributed by atoms with Gasteiger partial charge in [0, 0.05) is 10.9 Å². The van der Waals surface area contributed by atoms with Crippen molar-refractivity contribution >= 4 is 17.3 Å². The van der Waals surface area contributed by atoms with Crippen LogP contribution in [-0.4, -0.2) is 16.1 Å². The summed E-state index contributed by atoms with van der Waals surface area (Å²) >= 11 is 1.51. The number of thiazole rings is 1. The average molecular weight is 245 g/mol. The van der Waals surface area contributed by atoms with Gasteiger partial charge in [-0.15, -0.1) is 11.3 Å². The summed E-state index contributed by atoms with van der Waals surface area (Å²) in [6.45, 7) is 0. The van der Waals surface area contributed by atoms with Gasteiger partial charge in [-0.2, -0.15) is 0 Å². The number of nitrogens with zero attached hydrogens (tertiary/aromatic N) is 1. The number of rotatable bonds is 3. The molecule has 0 saturated heterocycles. The van der Waals surface area contributed by atoms with Crippen molar-refractivity contribution in [3.8, 4) is 10.6 Å². The van der Waals surface area contributed by atoms with Gasteiger partial charge < -0.3 is 5.11 Å². The van der Waals surface area contributed by atoms with Gasteiger partial charge in [-0.05, 0) is 12.8 Å². The number of carboxylic acid groups (broad SMARTS) is 1. The molecule has 1 heterocycles. The highest BCUT2D eigenvalue weighted by molar-refractivity contribution is 7.13. The van der Waals surface area contributed by atoms with E-state index in [2.05, 4.69) is 4.98 Å². The number of carbonyl (C=O) groups is 1. The molecule has 0 unspecified atom stereocenters. The lowest BCUT2D eigenvalue weighted by molar-refractivity contribution is -0.140. The van der Waals surface area contributed by atoms with Crippen LogP contribution in [0.2, 0.25) is 0 Å². The van der Waals surface area contributed by atoms with Gasteiger partial charge in [0.1, 0.15) is 10.4 Å². The predicted molar refractivity (Wildman–Crippen MR) is 66.1 cm³/mol. The highest BCUT2D eigenvalue weighted by Gasteiger charge is 2.53. The molecular weight excluding hydrogens is 234 g/mol. The second kappa shape index (κ2) is 3.67. The summed E-state index contributed by atoms with van der Waals surface area (Å²) < 4.78 is 0. The summed E-state index contributed by atoms with van der Waals surface area (Å²) in [5.41, 5.74) is 1.07. The summed E-state index contributed by atoms with van der Waals surface area (Å²) in [4.78, 5) is 15.7. The third-order valence-corrected chi connectivity index (χ3v) is 4.07. The monoisotopic (exact) mass is 245 g/mol. The van der Waals surface area contributed by atoms with E-state index in [1.54, 1.807) is 0 Å². The van der Waals surface area contributed by atoms with Crippen molar-refractivity contribution in [2.24, 2.45) is 0 Å². The molecule has 0 atom stereocenters. The number of benzene rings is 1. The van der Waals surface area contributed by atoms with Crippen LogP contribution in [0.1, 0.15) is 18.5 Å². The van der Waals surface area contributed by atoms with Crippen LogP contribution in [0.5, 0.6) is 0 Å². The molecule has 0 spiro atoms. The molecule has 1 aliphatic carbocycles. The zero-order valence-corrected chi connectivity index (χ0v) is 9.91. The highest BCUT2D eigenvalue weighted by atomic mass is 32.1. The van der Waals surface area contributed by atoms with Crippen molar-refractivity contribution in [2.75, 3.05) is 0 Å². The third-order valence-electron chi connectivity index (χ3n) is 3.17. The van der Waals surface area contributed by atoms with E-state index >= 15 is 0 Å². The van der Waals surface area contributed by atoms with Crippen molar-refractivity contribution in [3.63, 3.8) is 0 Å². The van der Waals surface area contributed by atoms with E-state index in [1.165, 1.54) is 11.3 Å². The second-order valence-electron chi connectivity index (χ2n) is 4.29. The maximum absolute atomic E-state index is 11.2. The minimum Gasteiger partial charge on any atom is -0.481 e. The van der Waals surface area contributed by atoms with Gasteiger partial charge in [-0.1, -0.05) is 30.3 Å². The second-order valence-corrected chi connectivity index (χ2v) is 5.15. The zero-order chi connectivity index (χ0) is 11.9. The van der Waals surface area contributed by atoms with Gasteiger partial charge >= 0.3 is 5.97 Å². The number of aliphatic carboxylic acids is 1. The smallest absolute Gasteiger partial charge is 0.315 e. The number of carboxylic acids is 1. The quantitative estimate of drug-likeness (QED) is 0.904. The fourth-order valence-electron chi connectivity index (χ4n) is 1.91. The van der Waals surface area contributed by atoms with Crippen LogP contribution in [0, 0.1) is 0 Å². The topological polar surface area (TPSA) is 50.2 Å². The van der Waals surface area contributed by atoms with E-state index in [-0.39, 0.29) is 0 Å². The average Bonchev–Trinajstić information content (AvgIpc) is 3.02. The van der Waals surface area contributed by atoms with Crippen LogP contribution >= 0.6 is 11.3 Å². The fourth-order valence-corrected chi connectivity index (χ4v) is 2.84. The molecule has 3 nitrogen and oxygen atoms in total. The lowest BCUT2D eigenvalue weighted by Gasteiger charge is -2.04. The highest BCUT2D eigenvalue weighted by Crippen LogP contribution is 2.49. The molecule has 17 heavy (non-hydrogen) atoms. The molecule has 0 radical (unpaired) electrons. The van der Waals surface area contributed by atoms with Crippen molar-refractivity contribution < 1.29 is 9.90 Å². The molecule has 4 heteroatoms. The molecule has 0 aliphatic heterocycles. The van der Waals surface area contributed by atoms with Crippen molar-refractivity contribution in [1.82, 2.24) is 4.98 Å². The summed E-state index contributed by atoms with van der Waals surface area (Å²) in [5, 5.41) is 12.0. The molecule has 1 aromatic carbocycles. The van der Waals surface area contributed by atoms with Crippen LogP contribution in [-0.2, 0) is 10.2 Å². The summed E-state index contributed by atoms with van der Waals surface area (Å²) in [6, 6.07) is 9.85. The third kappa shape index (κ3) is 1.65. The standard InChI is InChI=1S/C13H11NO2S/c15-12(16)13(6-7-13)10-8-17-11(14-10)9-4-2-1-3-5-9/h1-5,8H,6-7H2,(H,15,16). The molecule has 0 amide bonds. The van der Waals surface area contributed by atoms with Crippen LogP contribution in [0.15, 0.2) is 35.7 Å². The molecule has 1 fully saturated rings. The molecule has 1 aromatic heterocycles. The lowest BCUT2D eigenvalue weighted by Crippen LogP contribution is -2.19. The maximum Gasteiger partial charge on any atom is 0.315 e. The van der Waals surface area contributed by atoms with Crippen molar-refractivity contribution in [2.45, 2.75) is 18.3 Å². The van der Waals surface area contributed by atoms with E-state index in [4.69, 9.17) is 0 Å². The Labute approximate surface area is 103 Å². The summed E-state index contributed by atoms with van der Waals surface area (Å²) in [7, 11) is 0. The number of hydrogen-bond donors (Lipinski definition) is 1. The van der Waals surface area contributed by atoms with Crippen LogP contribution in [0.25, 0.3) is 10.6 Å². The van der Waals surface area contributed by atoms with Gasteiger partial charge in [-0.3, -0.25) is 4.79 Å². The van der Waals surface area contributed by atoms with Gasteiger partial charge in [0.15, 0.2) is 0 Å². The Kier molecular flexibility index (Phi) is 2.26. The van der Waals surface area contributed by atoms with Crippen LogP contribution < -0.4 is 0 Å². The Morgan fingerprint density at radius 1 is 1.29 bits per heavy atom. The van der Waals surface area contributed by atoms with Gasteiger partial charge in [0.05, 0.1) is 5.69 Å². The number of hydrogen-bond acceptors (Lipinski definition) is 3. The van der Waals surface area contributed by atoms with E-state index in [1.807, 2.05) is 35.7 Å². The minimum absolute atomic E-state index is 0.691. The van der Waals surface area contributed by atoms with Gasteiger partial charge in [-0.25, -0.2) is 4.98 Å². The van der Waals surface area contributed by atoms with Gasteiger partial charge in [0.25, 0.3) is 0 Å². The first kappa shape index (κ1) is 10.5. The van der Waals surface area contributed by atoms with E-state index < -0.39 is 11.4 Å². The molecule has 1 aliphatic rings. The zero-order valence-electron chi connectivity index (χ0n) is 9.09. The van der Waals surface area contributed by atoms with Crippen molar-refractivity contribution in [3.05, 3.63) is 41.4 Å². The first-order chi connectivity index (χ1) is 8.22. The largest absolute Gasteiger partial charge is 0.481 e. The Morgan fingerprint density at radius 3 is 2.59 bits per heavy atom. The first-order valence-corrected chi connectivity index (χ1v) is 6.35. The normalized spacial score (nSPS) is 16.7. The maximum atomic E-state index is 11.2. The molecule has 2 aromatic rings. The summed E-state index contributed by atoms with van der Waals surface area (Å²) in [5.74, 6) is -0.748. The van der Waals surface area contributed by atoms with Crippen LogP contribution in [0.4, 0.5) is 0 Å². The first-order valence-electron chi connectivity index (χ1n) is 5.47. The Morgan fingerprint density at radius 2 is 2.00 bits per heavy atom. The van der Waals surface area contributed by atoms with Crippen LogP contribution in [0.3, 0.4) is 0 Å². The van der Waals surface area contributed by atoms with E-state index in [9.17, 15) is 9.90 Å². The molecule has 1 saturated carbocycles. The molecular formula is C13H11NO2S. The van der Waals surface area contributed by atoms with Gasteiger partial charge in [0.2, 0.25) is 0 Å². The van der Waals surface area contributed by atoms with E-state index in [0.717, 1.165) is 10.6 Å². The molecule has 1 N–H and O–H groups in total. The molecule has 0 bridgehead atoms. The fraction of sp³-hybridized carbons (Fsp3) is 0.231. The molecule has 86 valence electrons. The Hall–Kier alpha value is -1.68. The molecule has 3 rings (SSSR count). The SMILES string of the molecule is O=C(O)C1(c2csc(-c3ccccc3)n2)CC1. The number of aromatic nitrogens is 1. The summed E-state index contributed by atoms with van der Waals surface area (Å²) in [6.07, 6.45) is 1.42. The Bertz CT molecular complexity index is 558. The minimum atomic E-state index is -0.748. The predicted octanol–water partition coefficient (Wildman–Crippen LogP) is 2.93.